The van der Waals surface area contributed by atoms with Crippen molar-refractivity contribution in [2.75, 3.05) is 13.1 Å². The lowest BCUT2D eigenvalue weighted by Crippen LogP contribution is -2.62. The Morgan fingerprint density at radius 1 is 1.17 bits per heavy atom. The zero-order chi connectivity index (χ0) is 16.9. The SMILES string of the molecule is Cc1ccccc1C1CCC2(CC1)CN(C(=O)[C@H]1C[C@@](C)(O)C1)C2. The number of nitrogens with zero attached hydrogens (tertiary/aromatic N) is 1. The van der Waals surface area contributed by atoms with Crippen molar-refractivity contribution in [1.29, 1.82) is 0 Å². The molecule has 0 aromatic heterocycles. The zero-order valence-corrected chi connectivity index (χ0v) is 14.9. The fourth-order valence-corrected chi connectivity index (χ4v) is 5.26. The van der Waals surface area contributed by atoms with Crippen molar-refractivity contribution in [3.8, 4) is 0 Å². The normalized spacial score (nSPS) is 32.3. The molecule has 1 aliphatic heterocycles. The molecule has 1 aromatic rings. The van der Waals surface area contributed by atoms with Gasteiger partial charge in [-0.2, -0.15) is 0 Å². The van der Waals surface area contributed by atoms with Gasteiger partial charge in [0.15, 0.2) is 0 Å². The number of benzene rings is 1. The average Bonchev–Trinajstić information content (AvgIpc) is 2.50. The highest BCUT2D eigenvalue weighted by Gasteiger charge is 2.51. The summed E-state index contributed by atoms with van der Waals surface area (Å²) in [7, 11) is 0. The van der Waals surface area contributed by atoms with Gasteiger partial charge in [0.25, 0.3) is 0 Å². The van der Waals surface area contributed by atoms with Crippen LogP contribution >= 0.6 is 0 Å². The smallest absolute Gasteiger partial charge is 0.225 e. The van der Waals surface area contributed by atoms with Gasteiger partial charge >= 0.3 is 0 Å². The van der Waals surface area contributed by atoms with Crippen molar-refractivity contribution < 1.29 is 9.90 Å². The largest absolute Gasteiger partial charge is 0.390 e. The summed E-state index contributed by atoms with van der Waals surface area (Å²) >= 11 is 0. The van der Waals surface area contributed by atoms with Gasteiger partial charge in [0, 0.05) is 24.4 Å². The lowest BCUT2D eigenvalue weighted by atomic mass is 9.63. The number of likely N-dealkylation sites (tertiary alicyclic amines) is 1. The van der Waals surface area contributed by atoms with E-state index in [1.54, 1.807) is 0 Å². The van der Waals surface area contributed by atoms with Crippen molar-refractivity contribution >= 4 is 5.91 Å². The lowest BCUT2D eigenvalue weighted by molar-refractivity contribution is -0.163. The summed E-state index contributed by atoms with van der Waals surface area (Å²) in [4.78, 5) is 14.5. The highest BCUT2D eigenvalue weighted by molar-refractivity contribution is 5.81. The van der Waals surface area contributed by atoms with E-state index < -0.39 is 5.60 Å². The van der Waals surface area contributed by atoms with Crippen molar-refractivity contribution in [3.05, 3.63) is 35.4 Å². The summed E-state index contributed by atoms with van der Waals surface area (Å²) in [6.07, 6.45) is 6.29. The van der Waals surface area contributed by atoms with Crippen LogP contribution in [-0.4, -0.2) is 34.6 Å². The number of hydrogen-bond acceptors (Lipinski definition) is 2. The summed E-state index contributed by atoms with van der Waals surface area (Å²) < 4.78 is 0. The summed E-state index contributed by atoms with van der Waals surface area (Å²) in [5, 5.41) is 9.84. The van der Waals surface area contributed by atoms with Crippen LogP contribution in [0.15, 0.2) is 24.3 Å². The monoisotopic (exact) mass is 327 g/mol. The molecule has 0 radical (unpaired) electrons. The lowest BCUT2D eigenvalue weighted by Gasteiger charge is -2.55. The Kier molecular flexibility index (Phi) is 3.76. The fraction of sp³-hybridized carbons (Fsp3) is 0.667. The average molecular weight is 327 g/mol. The number of carbonyl (C=O) groups is 1. The van der Waals surface area contributed by atoms with Gasteiger partial charge in [-0.1, -0.05) is 24.3 Å². The van der Waals surface area contributed by atoms with Crippen LogP contribution in [0.1, 0.15) is 62.5 Å². The Labute approximate surface area is 145 Å². The van der Waals surface area contributed by atoms with E-state index in [1.807, 2.05) is 11.8 Å². The van der Waals surface area contributed by atoms with Gasteiger partial charge < -0.3 is 10.0 Å². The molecule has 2 saturated carbocycles. The molecular weight excluding hydrogens is 298 g/mol. The molecule has 24 heavy (non-hydrogen) atoms. The Morgan fingerprint density at radius 3 is 2.38 bits per heavy atom. The fourth-order valence-electron chi connectivity index (χ4n) is 5.26. The zero-order valence-electron chi connectivity index (χ0n) is 14.9. The third-order valence-corrected chi connectivity index (χ3v) is 6.76. The maximum atomic E-state index is 12.5. The first-order chi connectivity index (χ1) is 11.4. The Bertz CT molecular complexity index is 627. The minimum Gasteiger partial charge on any atom is -0.390 e. The molecule has 2 aliphatic carbocycles. The molecule has 1 amide bonds. The minimum atomic E-state index is -0.603. The van der Waals surface area contributed by atoms with Gasteiger partial charge in [-0.3, -0.25) is 4.79 Å². The molecule has 1 spiro atoms. The van der Waals surface area contributed by atoms with Crippen LogP contribution in [0.25, 0.3) is 0 Å². The standard InChI is InChI=1S/C21H29NO2/c1-15-5-3-4-6-18(15)16-7-9-21(10-8-16)13-22(14-21)19(23)17-11-20(2,24)12-17/h3-6,16-17,24H,7-14H2,1-2H3/t17-,20+. The Hall–Kier alpha value is -1.35. The van der Waals surface area contributed by atoms with Crippen molar-refractivity contribution in [3.63, 3.8) is 0 Å². The molecule has 1 N–H and O–H groups in total. The van der Waals surface area contributed by atoms with Crippen molar-refractivity contribution in [1.82, 2.24) is 4.90 Å². The van der Waals surface area contributed by atoms with Gasteiger partial charge in [-0.25, -0.2) is 0 Å². The number of carbonyl (C=O) groups excluding carboxylic acids is 1. The van der Waals surface area contributed by atoms with Crippen LogP contribution < -0.4 is 0 Å². The van der Waals surface area contributed by atoms with E-state index in [2.05, 4.69) is 31.2 Å². The van der Waals surface area contributed by atoms with Crippen LogP contribution in [0.5, 0.6) is 0 Å². The Balaban J connectivity index is 1.30. The Morgan fingerprint density at radius 2 is 1.79 bits per heavy atom. The van der Waals surface area contributed by atoms with Crippen LogP contribution in [-0.2, 0) is 4.79 Å². The molecule has 0 atom stereocenters. The maximum absolute atomic E-state index is 12.5. The second-order valence-electron chi connectivity index (χ2n) is 8.93. The first-order valence-corrected chi connectivity index (χ1v) is 9.44. The number of aliphatic hydroxyl groups is 1. The van der Waals surface area contributed by atoms with Gasteiger partial charge in [-0.05, 0) is 69.4 Å². The molecule has 4 rings (SSSR count). The van der Waals surface area contributed by atoms with E-state index in [9.17, 15) is 9.90 Å². The first-order valence-electron chi connectivity index (χ1n) is 9.44. The predicted molar refractivity (Wildman–Crippen MR) is 94.7 cm³/mol. The molecule has 130 valence electrons. The van der Waals surface area contributed by atoms with Gasteiger partial charge in [0.2, 0.25) is 5.91 Å². The van der Waals surface area contributed by atoms with E-state index in [4.69, 9.17) is 0 Å². The molecule has 3 fully saturated rings. The topological polar surface area (TPSA) is 40.5 Å². The van der Waals surface area contributed by atoms with E-state index in [0.29, 0.717) is 24.2 Å². The molecule has 3 heteroatoms. The van der Waals surface area contributed by atoms with Gasteiger partial charge in [-0.15, -0.1) is 0 Å². The number of aryl methyl sites for hydroxylation is 1. The van der Waals surface area contributed by atoms with Crippen LogP contribution in [0.3, 0.4) is 0 Å². The van der Waals surface area contributed by atoms with Crippen LogP contribution in [0, 0.1) is 18.3 Å². The maximum Gasteiger partial charge on any atom is 0.225 e. The highest BCUT2D eigenvalue weighted by Crippen LogP contribution is 2.50. The first kappa shape index (κ1) is 16.1. The molecule has 0 unspecified atom stereocenters. The van der Waals surface area contributed by atoms with E-state index in [-0.39, 0.29) is 11.8 Å². The van der Waals surface area contributed by atoms with E-state index in [0.717, 1.165) is 13.1 Å². The summed E-state index contributed by atoms with van der Waals surface area (Å²) in [6, 6.07) is 8.79. The molecule has 1 saturated heterocycles. The number of amides is 1. The van der Waals surface area contributed by atoms with Crippen molar-refractivity contribution in [2.45, 2.75) is 63.9 Å². The highest BCUT2D eigenvalue weighted by atomic mass is 16.3. The molecular formula is C21H29NO2. The minimum absolute atomic E-state index is 0.0701. The quantitative estimate of drug-likeness (QED) is 0.901. The van der Waals surface area contributed by atoms with E-state index in [1.165, 1.54) is 36.8 Å². The third kappa shape index (κ3) is 2.77. The van der Waals surface area contributed by atoms with E-state index >= 15 is 0 Å². The van der Waals surface area contributed by atoms with Crippen molar-refractivity contribution in [2.24, 2.45) is 11.3 Å². The molecule has 3 aliphatic rings. The molecule has 1 aromatic carbocycles. The number of hydrogen-bond donors (Lipinski definition) is 1. The molecule has 3 nitrogen and oxygen atoms in total. The predicted octanol–water partition coefficient (Wildman–Crippen LogP) is 3.64. The van der Waals surface area contributed by atoms with Crippen LogP contribution in [0.2, 0.25) is 0 Å². The van der Waals surface area contributed by atoms with Crippen LogP contribution in [0.4, 0.5) is 0 Å². The summed E-state index contributed by atoms with van der Waals surface area (Å²) in [5.74, 6) is 1.05. The van der Waals surface area contributed by atoms with Gasteiger partial charge in [0.05, 0.1) is 5.60 Å². The molecule has 1 heterocycles. The number of rotatable bonds is 2. The third-order valence-electron chi connectivity index (χ3n) is 6.76. The van der Waals surface area contributed by atoms with Gasteiger partial charge in [0.1, 0.15) is 0 Å². The molecule has 0 bridgehead atoms. The second-order valence-corrected chi connectivity index (χ2v) is 8.93. The second kappa shape index (κ2) is 5.59. The summed E-state index contributed by atoms with van der Waals surface area (Å²) in [5.41, 5.74) is 2.73. The summed E-state index contributed by atoms with van der Waals surface area (Å²) in [6.45, 7) is 5.95.